The van der Waals surface area contributed by atoms with E-state index in [-0.39, 0.29) is 17.6 Å². The zero-order valence-corrected chi connectivity index (χ0v) is 16.2. The predicted molar refractivity (Wildman–Crippen MR) is 102 cm³/mol. The largest absolute Gasteiger partial charge is 0.497 e. The van der Waals surface area contributed by atoms with Crippen LogP contribution in [0, 0.1) is 0 Å². The Kier molecular flexibility index (Phi) is 5.67. The van der Waals surface area contributed by atoms with Crippen LogP contribution < -0.4 is 9.47 Å². The maximum atomic E-state index is 12.8. The van der Waals surface area contributed by atoms with Gasteiger partial charge in [-0.05, 0) is 25.1 Å². The van der Waals surface area contributed by atoms with Crippen LogP contribution in [0.3, 0.4) is 0 Å². The average molecular weight is 385 g/mol. The topological polar surface area (TPSA) is 91.9 Å². The van der Waals surface area contributed by atoms with Gasteiger partial charge < -0.3 is 24.3 Å². The number of amides is 2. The number of ether oxygens (including phenoxy) is 2. The van der Waals surface area contributed by atoms with Gasteiger partial charge in [0.1, 0.15) is 17.2 Å². The number of hydrogen-bond acceptors (Lipinski definition) is 5. The Morgan fingerprint density at radius 2 is 1.36 bits per heavy atom. The molecule has 0 spiro atoms. The third-order valence-corrected chi connectivity index (χ3v) is 4.77. The monoisotopic (exact) mass is 385 g/mol. The number of H-pyrrole nitrogens is 1. The normalized spacial score (nSPS) is 14.0. The Morgan fingerprint density at radius 3 is 1.82 bits per heavy atom. The molecule has 0 unspecified atom stereocenters. The number of nitrogens with zero attached hydrogens (tertiary/aromatic N) is 2. The Balaban J connectivity index is 1.65. The molecule has 1 saturated heterocycles. The van der Waals surface area contributed by atoms with Gasteiger partial charge in [0.15, 0.2) is 5.78 Å². The number of Topliss-reactive ketones (excluding diaryl/α,β-unsaturated/α-hetero) is 1. The Morgan fingerprint density at radius 1 is 0.821 bits per heavy atom. The summed E-state index contributed by atoms with van der Waals surface area (Å²) in [5, 5.41) is 0. The number of carbonyl (C=O) groups is 3. The van der Waals surface area contributed by atoms with Crippen molar-refractivity contribution in [3.8, 4) is 11.5 Å². The lowest BCUT2D eigenvalue weighted by atomic mass is 10.1. The SMILES string of the molecule is COc1cc(OC)cc(C(=O)N2CCN(C(=O)c3cc(C(C)=O)c[nH]3)CC2)c1. The predicted octanol–water partition coefficient (Wildman–Crippen LogP) is 1.83. The quantitative estimate of drug-likeness (QED) is 0.793. The van der Waals surface area contributed by atoms with Crippen LogP contribution in [0.15, 0.2) is 30.5 Å². The molecule has 2 aromatic rings. The van der Waals surface area contributed by atoms with Crippen molar-refractivity contribution in [2.75, 3.05) is 40.4 Å². The van der Waals surface area contributed by atoms with Crippen molar-refractivity contribution in [3.05, 3.63) is 47.3 Å². The molecule has 1 aromatic carbocycles. The van der Waals surface area contributed by atoms with Crippen molar-refractivity contribution in [1.82, 2.24) is 14.8 Å². The maximum absolute atomic E-state index is 12.8. The molecule has 0 saturated carbocycles. The highest BCUT2D eigenvalue weighted by atomic mass is 16.5. The van der Waals surface area contributed by atoms with Crippen LogP contribution in [0.5, 0.6) is 11.5 Å². The number of methoxy groups -OCH3 is 2. The van der Waals surface area contributed by atoms with E-state index < -0.39 is 0 Å². The highest BCUT2D eigenvalue weighted by molar-refractivity contribution is 5.99. The smallest absolute Gasteiger partial charge is 0.270 e. The summed E-state index contributed by atoms with van der Waals surface area (Å²) in [6, 6.07) is 6.61. The summed E-state index contributed by atoms with van der Waals surface area (Å²) in [5.41, 5.74) is 1.33. The van der Waals surface area contributed by atoms with Crippen LogP contribution in [0.4, 0.5) is 0 Å². The molecule has 0 aliphatic carbocycles. The van der Waals surface area contributed by atoms with E-state index in [9.17, 15) is 14.4 Å². The van der Waals surface area contributed by atoms with Crippen LogP contribution >= 0.6 is 0 Å². The lowest BCUT2D eigenvalue weighted by Crippen LogP contribution is -2.50. The van der Waals surface area contributed by atoms with Gasteiger partial charge in [-0.15, -0.1) is 0 Å². The first kappa shape index (κ1) is 19.5. The van der Waals surface area contributed by atoms with E-state index in [1.165, 1.54) is 27.3 Å². The summed E-state index contributed by atoms with van der Waals surface area (Å²) in [6.45, 7) is 3.13. The van der Waals surface area contributed by atoms with Gasteiger partial charge in [-0.25, -0.2) is 0 Å². The molecule has 0 radical (unpaired) electrons. The number of rotatable bonds is 5. The first-order valence-electron chi connectivity index (χ1n) is 8.94. The molecule has 1 aromatic heterocycles. The number of ketones is 1. The molecular weight excluding hydrogens is 362 g/mol. The van der Waals surface area contributed by atoms with E-state index in [0.29, 0.717) is 54.5 Å². The van der Waals surface area contributed by atoms with Crippen molar-refractivity contribution in [2.24, 2.45) is 0 Å². The van der Waals surface area contributed by atoms with E-state index in [0.717, 1.165) is 0 Å². The molecule has 0 atom stereocenters. The minimum atomic E-state index is -0.178. The summed E-state index contributed by atoms with van der Waals surface area (Å²) in [6.07, 6.45) is 1.53. The Bertz CT molecular complexity index is 875. The van der Waals surface area contributed by atoms with Gasteiger partial charge in [0.05, 0.1) is 14.2 Å². The van der Waals surface area contributed by atoms with Crippen molar-refractivity contribution < 1.29 is 23.9 Å². The molecule has 0 bridgehead atoms. The highest BCUT2D eigenvalue weighted by Gasteiger charge is 2.27. The van der Waals surface area contributed by atoms with E-state index in [1.54, 1.807) is 34.1 Å². The molecule has 148 valence electrons. The zero-order valence-electron chi connectivity index (χ0n) is 16.2. The van der Waals surface area contributed by atoms with Gasteiger partial charge in [-0.3, -0.25) is 14.4 Å². The van der Waals surface area contributed by atoms with Crippen LogP contribution in [-0.2, 0) is 0 Å². The maximum Gasteiger partial charge on any atom is 0.270 e. The van der Waals surface area contributed by atoms with Crippen LogP contribution in [0.1, 0.15) is 38.1 Å². The van der Waals surface area contributed by atoms with Crippen LogP contribution in [-0.4, -0.2) is 72.8 Å². The first-order valence-corrected chi connectivity index (χ1v) is 8.94. The van der Waals surface area contributed by atoms with E-state index in [4.69, 9.17) is 9.47 Å². The summed E-state index contributed by atoms with van der Waals surface area (Å²) in [5.74, 6) is 0.680. The van der Waals surface area contributed by atoms with Crippen LogP contribution in [0.25, 0.3) is 0 Å². The van der Waals surface area contributed by atoms with Crippen molar-refractivity contribution in [3.63, 3.8) is 0 Å². The third kappa shape index (κ3) is 4.00. The summed E-state index contributed by atoms with van der Waals surface area (Å²) in [7, 11) is 3.07. The van der Waals surface area contributed by atoms with Gasteiger partial charge >= 0.3 is 0 Å². The Labute approximate surface area is 163 Å². The number of hydrogen-bond donors (Lipinski definition) is 1. The average Bonchev–Trinajstić information content (AvgIpc) is 3.23. The molecule has 28 heavy (non-hydrogen) atoms. The number of nitrogens with one attached hydrogen (secondary N) is 1. The minimum absolute atomic E-state index is 0.0977. The summed E-state index contributed by atoms with van der Waals surface area (Å²) in [4.78, 5) is 43.0. The molecule has 1 N–H and O–H groups in total. The second-order valence-corrected chi connectivity index (χ2v) is 6.54. The lowest BCUT2D eigenvalue weighted by molar-refractivity contribution is 0.0532. The number of benzene rings is 1. The van der Waals surface area contributed by atoms with E-state index in [2.05, 4.69) is 4.98 Å². The molecule has 2 heterocycles. The molecule has 8 nitrogen and oxygen atoms in total. The standard InChI is InChI=1S/C20H23N3O5/c1-13(24)15-10-18(21-12-15)20(26)23-6-4-22(5-7-23)19(25)14-8-16(27-2)11-17(9-14)28-3/h8-12,21H,4-7H2,1-3H3. The number of aromatic nitrogens is 1. The van der Waals surface area contributed by atoms with Gasteiger partial charge in [-0.1, -0.05) is 0 Å². The zero-order chi connectivity index (χ0) is 20.3. The first-order chi connectivity index (χ1) is 13.4. The number of piperazine rings is 1. The molecule has 1 fully saturated rings. The number of carbonyl (C=O) groups excluding carboxylic acids is 3. The fourth-order valence-corrected chi connectivity index (χ4v) is 3.12. The lowest BCUT2D eigenvalue weighted by Gasteiger charge is -2.34. The second kappa shape index (κ2) is 8.16. The van der Waals surface area contributed by atoms with Crippen molar-refractivity contribution >= 4 is 17.6 Å². The van der Waals surface area contributed by atoms with E-state index >= 15 is 0 Å². The highest BCUT2D eigenvalue weighted by Crippen LogP contribution is 2.24. The van der Waals surface area contributed by atoms with Crippen molar-refractivity contribution in [1.29, 1.82) is 0 Å². The van der Waals surface area contributed by atoms with Gasteiger partial charge in [0, 0.05) is 49.6 Å². The fraction of sp³-hybridized carbons (Fsp3) is 0.350. The van der Waals surface area contributed by atoms with Gasteiger partial charge in [0.25, 0.3) is 11.8 Å². The van der Waals surface area contributed by atoms with Crippen LogP contribution in [0.2, 0.25) is 0 Å². The third-order valence-electron chi connectivity index (χ3n) is 4.77. The fourth-order valence-electron chi connectivity index (χ4n) is 3.12. The van der Waals surface area contributed by atoms with Gasteiger partial charge in [-0.2, -0.15) is 0 Å². The Hall–Kier alpha value is -3.29. The molecule has 1 aliphatic heterocycles. The molecule has 3 rings (SSSR count). The van der Waals surface area contributed by atoms with E-state index in [1.807, 2.05) is 0 Å². The minimum Gasteiger partial charge on any atom is -0.497 e. The molecule has 2 amide bonds. The number of aromatic amines is 1. The second-order valence-electron chi connectivity index (χ2n) is 6.54. The molecule has 8 heteroatoms. The van der Waals surface area contributed by atoms with Crippen molar-refractivity contribution in [2.45, 2.75) is 6.92 Å². The van der Waals surface area contributed by atoms with Gasteiger partial charge in [0.2, 0.25) is 0 Å². The summed E-state index contributed by atoms with van der Waals surface area (Å²) >= 11 is 0. The summed E-state index contributed by atoms with van der Waals surface area (Å²) < 4.78 is 10.4. The molecule has 1 aliphatic rings. The molecular formula is C20H23N3O5.